The number of halogens is 2. The van der Waals surface area contributed by atoms with Crippen molar-refractivity contribution in [3.8, 4) is 0 Å². The number of benzene rings is 1. The van der Waals surface area contributed by atoms with E-state index in [1.165, 1.54) is 0 Å². The van der Waals surface area contributed by atoms with Gasteiger partial charge in [0.1, 0.15) is 5.82 Å². The van der Waals surface area contributed by atoms with E-state index >= 15 is 0 Å². The lowest BCUT2D eigenvalue weighted by Gasteiger charge is -2.09. The second kappa shape index (κ2) is 5.84. The Kier molecular flexibility index (Phi) is 4.10. The van der Waals surface area contributed by atoms with Gasteiger partial charge >= 0.3 is 0 Å². The first-order valence-electron chi connectivity index (χ1n) is 6.32. The third-order valence-corrected chi connectivity index (χ3v) is 4.49. The molecule has 0 saturated heterocycles. The lowest BCUT2D eigenvalue weighted by molar-refractivity contribution is 0.662. The van der Waals surface area contributed by atoms with Crippen LogP contribution in [-0.4, -0.2) is 14.5 Å². The Bertz CT molecular complexity index is 721. The highest BCUT2D eigenvalue weighted by molar-refractivity contribution is 9.10. The van der Waals surface area contributed by atoms with Crippen molar-refractivity contribution < 1.29 is 0 Å². The van der Waals surface area contributed by atoms with Gasteiger partial charge in [0.15, 0.2) is 0 Å². The molecular weight excluding hydrogens is 358 g/mol. The van der Waals surface area contributed by atoms with Gasteiger partial charge in [0.2, 0.25) is 0 Å². The Morgan fingerprint density at radius 3 is 3.00 bits per heavy atom. The van der Waals surface area contributed by atoms with Crippen LogP contribution in [0.4, 0.5) is 0 Å². The van der Waals surface area contributed by atoms with E-state index < -0.39 is 0 Å². The number of aryl methyl sites for hydroxylation is 2. The van der Waals surface area contributed by atoms with Gasteiger partial charge < -0.3 is 4.57 Å². The van der Waals surface area contributed by atoms with Crippen LogP contribution in [-0.2, 0) is 13.0 Å². The summed E-state index contributed by atoms with van der Waals surface area (Å²) in [5.41, 5.74) is 5.07. The molecule has 0 aliphatic heterocycles. The Balaban J connectivity index is 2.00. The lowest BCUT2D eigenvalue weighted by Crippen LogP contribution is -2.07. The van der Waals surface area contributed by atoms with E-state index in [0.717, 1.165) is 40.0 Å². The molecule has 2 heterocycles. The maximum atomic E-state index is 6.27. The van der Waals surface area contributed by atoms with Gasteiger partial charge in [0.25, 0.3) is 0 Å². The fraction of sp³-hybridized carbons (Fsp3) is 0.286. The maximum absolute atomic E-state index is 6.27. The summed E-state index contributed by atoms with van der Waals surface area (Å²) in [7, 11) is 0. The second-order valence-electron chi connectivity index (χ2n) is 4.60. The Morgan fingerprint density at radius 1 is 1.45 bits per heavy atom. The van der Waals surface area contributed by atoms with Crippen LogP contribution in [0, 0.1) is 0 Å². The van der Waals surface area contributed by atoms with E-state index in [0.29, 0.717) is 0 Å². The molecular formula is C14H13BrClN3S. The summed E-state index contributed by atoms with van der Waals surface area (Å²) in [4.78, 5) is 8.98. The summed E-state index contributed by atoms with van der Waals surface area (Å²) < 4.78 is 3.22. The zero-order valence-electron chi connectivity index (χ0n) is 10.9. The summed E-state index contributed by atoms with van der Waals surface area (Å²) in [6.45, 7) is 2.80. The largest absolute Gasteiger partial charge is 0.326 e. The number of nitrogens with zero attached hydrogens (tertiary/aromatic N) is 3. The van der Waals surface area contributed by atoms with Crippen LogP contribution in [0.3, 0.4) is 0 Å². The second-order valence-corrected chi connectivity index (χ2v) is 6.89. The minimum Gasteiger partial charge on any atom is -0.326 e. The van der Waals surface area contributed by atoms with Gasteiger partial charge in [-0.3, -0.25) is 0 Å². The molecule has 1 atom stereocenters. The van der Waals surface area contributed by atoms with Crippen molar-refractivity contribution in [2.45, 2.75) is 25.3 Å². The zero-order chi connectivity index (χ0) is 14.1. The number of thiazole rings is 1. The van der Waals surface area contributed by atoms with Gasteiger partial charge in [0.05, 0.1) is 27.6 Å². The third kappa shape index (κ3) is 2.75. The van der Waals surface area contributed by atoms with Crippen molar-refractivity contribution >= 4 is 49.9 Å². The summed E-state index contributed by atoms with van der Waals surface area (Å²) in [5, 5.41) is 1.97. The SMILES string of the molecule is CC(Cl)c1nc2cc(Br)ccc2n1CCc1cscn1. The van der Waals surface area contributed by atoms with Crippen LogP contribution in [0.25, 0.3) is 11.0 Å². The standard InChI is InChI=1S/C14H13BrClN3S/c1-9(16)14-18-12-6-10(15)2-3-13(12)19(14)5-4-11-7-20-8-17-11/h2-3,6-9H,4-5H2,1H3. The van der Waals surface area contributed by atoms with Gasteiger partial charge in [-0.25, -0.2) is 9.97 Å². The van der Waals surface area contributed by atoms with Crippen LogP contribution in [0.15, 0.2) is 33.6 Å². The number of rotatable bonds is 4. The topological polar surface area (TPSA) is 30.7 Å². The molecule has 0 fully saturated rings. The Hall–Kier alpha value is -0.910. The van der Waals surface area contributed by atoms with Crippen molar-refractivity contribution in [3.63, 3.8) is 0 Å². The molecule has 0 spiro atoms. The Labute approximate surface area is 134 Å². The molecule has 104 valence electrons. The maximum Gasteiger partial charge on any atom is 0.127 e. The Morgan fingerprint density at radius 2 is 2.30 bits per heavy atom. The molecule has 1 aromatic carbocycles. The molecule has 6 heteroatoms. The zero-order valence-corrected chi connectivity index (χ0v) is 14.0. The molecule has 0 aliphatic carbocycles. The van der Waals surface area contributed by atoms with Crippen molar-refractivity contribution in [1.29, 1.82) is 0 Å². The van der Waals surface area contributed by atoms with Crippen molar-refractivity contribution in [1.82, 2.24) is 14.5 Å². The van der Waals surface area contributed by atoms with E-state index in [4.69, 9.17) is 11.6 Å². The fourth-order valence-corrected chi connectivity index (χ4v) is 3.36. The van der Waals surface area contributed by atoms with E-state index in [-0.39, 0.29) is 5.38 Å². The molecule has 0 saturated carbocycles. The van der Waals surface area contributed by atoms with E-state index in [9.17, 15) is 0 Å². The summed E-state index contributed by atoms with van der Waals surface area (Å²) in [6, 6.07) is 6.14. The molecule has 3 aromatic rings. The molecule has 0 amide bonds. The summed E-state index contributed by atoms with van der Waals surface area (Å²) >= 11 is 11.4. The minimum atomic E-state index is -0.114. The highest BCUT2D eigenvalue weighted by atomic mass is 79.9. The van der Waals surface area contributed by atoms with Crippen LogP contribution in [0.5, 0.6) is 0 Å². The van der Waals surface area contributed by atoms with Gasteiger partial charge in [-0.15, -0.1) is 22.9 Å². The first-order chi connectivity index (χ1) is 9.65. The number of hydrogen-bond acceptors (Lipinski definition) is 3. The van der Waals surface area contributed by atoms with Crippen LogP contribution in [0.1, 0.15) is 23.8 Å². The fourth-order valence-electron chi connectivity index (χ4n) is 2.25. The normalized spacial score (nSPS) is 12.9. The van der Waals surface area contributed by atoms with Crippen molar-refractivity contribution in [2.75, 3.05) is 0 Å². The van der Waals surface area contributed by atoms with E-state index in [1.54, 1.807) is 11.3 Å². The summed E-state index contributed by atoms with van der Waals surface area (Å²) in [5.74, 6) is 0.912. The first-order valence-corrected chi connectivity index (χ1v) is 8.49. The van der Waals surface area contributed by atoms with Gasteiger partial charge in [-0.1, -0.05) is 15.9 Å². The van der Waals surface area contributed by atoms with Crippen molar-refractivity contribution in [2.24, 2.45) is 0 Å². The number of alkyl halides is 1. The summed E-state index contributed by atoms with van der Waals surface area (Å²) in [6.07, 6.45) is 0.891. The van der Waals surface area contributed by atoms with E-state index in [1.807, 2.05) is 24.6 Å². The predicted octanol–water partition coefficient (Wildman–Crippen LogP) is 4.80. The molecule has 0 radical (unpaired) electrons. The monoisotopic (exact) mass is 369 g/mol. The molecule has 20 heavy (non-hydrogen) atoms. The average molecular weight is 371 g/mol. The molecule has 2 aromatic heterocycles. The van der Waals surface area contributed by atoms with E-state index in [2.05, 4.69) is 41.9 Å². The number of hydrogen-bond donors (Lipinski definition) is 0. The van der Waals surface area contributed by atoms with Crippen LogP contribution >= 0.6 is 38.9 Å². The lowest BCUT2D eigenvalue weighted by atomic mass is 10.3. The van der Waals surface area contributed by atoms with Gasteiger partial charge in [-0.05, 0) is 25.1 Å². The molecule has 1 unspecified atom stereocenters. The molecule has 0 bridgehead atoms. The predicted molar refractivity (Wildman–Crippen MR) is 87.5 cm³/mol. The molecule has 0 N–H and O–H groups in total. The molecule has 3 nitrogen and oxygen atoms in total. The van der Waals surface area contributed by atoms with Crippen LogP contribution in [0.2, 0.25) is 0 Å². The average Bonchev–Trinajstić information content (AvgIpc) is 3.02. The van der Waals surface area contributed by atoms with Crippen LogP contribution < -0.4 is 0 Å². The quantitative estimate of drug-likeness (QED) is 0.618. The highest BCUT2D eigenvalue weighted by Gasteiger charge is 2.15. The molecule has 3 rings (SSSR count). The minimum absolute atomic E-state index is 0.114. The van der Waals surface area contributed by atoms with Gasteiger partial charge in [-0.2, -0.15) is 0 Å². The molecule has 0 aliphatic rings. The van der Waals surface area contributed by atoms with Gasteiger partial charge in [0, 0.05) is 22.8 Å². The third-order valence-electron chi connectivity index (χ3n) is 3.17. The first kappa shape index (κ1) is 14.0. The number of fused-ring (bicyclic) bond motifs is 1. The number of imidazole rings is 1. The smallest absolute Gasteiger partial charge is 0.127 e. The highest BCUT2D eigenvalue weighted by Crippen LogP contribution is 2.27. The number of aromatic nitrogens is 3. The van der Waals surface area contributed by atoms with Crippen molar-refractivity contribution in [3.05, 3.63) is 45.1 Å².